The van der Waals surface area contributed by atoms with E-state index in [1.165, 1.54) is 19.3 Å². The van der Waals surface area contributed by atoms with Crippen LogP contribution in [0.25, 0.3) is 0 Å². The van der Waals surface area contributed by atoms with Crippen LogP contribution in [0.2, 0.25) is 0 Å². The van der Waals surface area contributed by atoms with Gasteiger partial charge in [0, 0.05) is 38.3 Å². The van der Waals surface area contributed by atoms with Crippen LogP contribution in [0.3, 0.4) is 0 Å². The normalized spacial score (nSPS) is 20.7. The third kappa shape index (κ3) is 4.31. The molecule has 6 nitrogen and oxygen atoms in total. The van der Waals surface area contributed by atoms with Gasteiger partial charge in [-0.25, -0.2) is 8.42 Å². The summed E-state index contributed by atoms with van der Waals surface area (Å²) in [5.74, 6) is 1.20. The first-order valence-corrected chi connectivity index (χ1v) is 11.4. The molecule has 1 heterocycles. The number of benzene rings is 1. The number of sulfonamides is 1. The fraction of sp³-hybridized carbons (Fsp3) is 0.700. The number of nitrogens with zero attached hydrogens (tertiary/aromatic N) is 2. The Hall–Kier alpha value is -1.15. The highest BCUT2D eigenvalue weighted by atomic mass is 32.2. The molecule has 1 aliphatic carbocycles. The van der Waals surface area contributed by atoms with Crippen LogP contribution in [0.15, 0.2) is 17.0 Å². The standard InChI is InChI=1S/C20H32N2O4S/c1-16-19(27(24,25)22-12-10-21(11-13-22)14-15-23)9-8-18(20(16)26-2)17-6-4-3-5-7-17/h8-9,17,23H,3-7,10-15H2,1-2H3. The fourth-order valence-corrected chi connectivity index (χ4v) is 6.10. The second-order valence-corrected chi connectivity index (χ2v) is 9.52. The number of aliphatic hydroxyl groups is 1. The molecule has 2 aliphatic rings. The molecule has 1 aromatic rings. The van der Waals surface area contributed by atoms with E-state index in [0.717, 1.165) is 29.7 Å². The van der Waals surface area contributed by atoms with Crippen LogP contribution in [-0.4, -0.2) is 69.2 Å². The molecule has 0 atom stereocenters. The molecule has 3 rings (SSSR count). The SMILES string of the molecule is COc1c(C2CCCCC2)ccc(S(=O)(=O)N2CCN(CCO)CC2)c1C. The summed E-state index contributed by atoms with van der Waals surface area (Å²) in [4.78, 5) is 2.44. The number of methoxy groups -OCH3 is 1. The fourth-order valence-electron chi connectivity index (χ4n) is 4.45. The Morgan fingerprint density at radius 3 is 2.37 bits per heavy atom. The number of piperazine rings is 1. The topological polar surface area (TPSA) is 70.1 Å². The van der Waals surface area contributed by atoms with Crippen molar-refractivity contribution in [1.82, 2.24) is 9.21 Å². The van der Waals surface area contributed by atoms with Crippen LogP contribution in [0, 0.1) is 6.92 Å². The van der Waals surface area contributed by atoms with Gasteiger partial charge in [0.2, 0.25) is 10.0 Å². The molecule has 0 bridgehead atoms. The lowest BCUT2D eigenvalue weighted by atomic mass is 9.83. The van der Waals surface area contributed by atoms with E-state index in [9.17, 15) is 8.42 Å². The van der Waals surface area contributed by atoms with Gasteiger partial charge in [0.25, 0.3) is 0 Å². The maximum absolute atomic E-state index is 13.2. The van der Waals surface area contributed by atoms with Gasteiger partial charge in [-0.1, -0.05) is 25.3 Å². The van der Waals surface area contributed by atoms with E-state index in [1.807, 2.05) is 13.0 Å². The zero-order valence-corrected chi connectivity index (χ0v) is 17.3. The van der Waals surface area contributed by atoms with Gasteiger partial charge in [-0.3, -0.25) is 4.90 Å². The van der Waals surface area contributed by atoms with Gasteiger partial charge in [0.1, 0.15) is 5.75 Å². The molecule has 0 radical (unpaired) electrons. The van der Waals surface area contributed by atoms with Crippen LogP contribution >= 0.6 is 0 Å². The Morgan fingerprint density at radius 2 is 1.78 bits per heavy atom. The van der Waals surface area contributed by atoms with Crippen molar-refractivity contribution < 1.29 is 18.3 Å². The van der Waals surface area contributed by atoms with Gasteiger partial charge in [-0.05, 0) is 37.3 Å². The smallest absolute Gasteiger partial charge is 0.243 e. The molecule has 1 aromatic carbocycles. The summed E-state index contributed by atoms with van der Waals surface area (Å²) in [5, 5.41) is 9.06. The van der Waals surface area contributed by atoms with Crippen molar-refractivity contribution >= 4 is 10.0 Å². The van der Waals surface area contributed by atoms with E-state index in [1.54, 1.807) is 17.5 Å². The summed E-state index contributed by atoms with van der Waals surface area (Å²) in [6.45, 7) is 4.76. The van der Waals surface area contributed by atoms with E-state index in [0.29, 0.717) is 43.5 Å². The number of hydrogen-bond acceptors (Lipinski definition) is 5. The van der Waals surface area contributed by atoms with Gasteiger partial charge in [-0.2, -0.15) is 4.31 Å². The molecule has 7 heteroatoms. The van der Waals surface area contributed by atoms with Gasteiger partial charge >= 0.3 is 0 Å². The number of hydrogen-bond donors (Lipinski definition) is 1. The average molecular weight is 397 g/mol. The zero-order valence-electron chi connectivity index (χ0n) is 16.5. The van der Waals surface area contributed by atoms with Crippen molar-refractivity contribution in [2.45, 2.75) is 49.8 Å². The zero-order chi connectivity index (χ0) is 19.4. The van der Waals surface area contributed by atoms with Crippen LogP contribution in [0.1, 0.15) is 49.1 Å². The summed E-state index contributed by atoms with van der Waals surface area (Å²) in [6.07, 6.45) is 6.03. The minimum atomic E-state index is -3.55. The number of β-amino-alcohol motifs (C(OH)–C–C–N with tert-alkyl or cyclic N) is 1. The van der Waals surface area contributed by atoms with Crippen LogP contribution in [0.5, 0.6) is 5.75 Å². The Morgan fingerprint density at radius 1 is 1.11 bits per heavy atom. The Balaban J connectivity index is 1.85. The first-order chi connectivity index (χ1) is 13.0. The second kappa shape index (κ2) is 8.90. The van der Waals surface area contributed by atoms with Crippen molar-refractivity contribution in [3.05, 3.63) is 23.3 Å². The predicted molar refractivity (Wildman–Crippen MR) is 106 cm³/mol. The highest BCUT2D eigenvalue weighted by Crippen LogP contribution is 2.41. The van der Waals surface area contributed by atoms with E-state index in [4.69, 9.17) is 9.84 Å². The third-order valence-corrected chi connectivity index (χ3v) is 8.04. The molecule has 152 valence electrons. The molecule has 0 unspecified atom stereocenters. The quantitative estimate of drug-likeness (QED) is 0.799. The monoisotopic (exact) mass is 396 g/mol. The van der Waals surface area contributed by atoms with Crippen molar-refractivity contribution in [3.63, 3.8) is 0 Å². The minimum Gasteiger partial charge on any atom is -0.496 e. The number of ether oxygens (including phenoxy) is 1. The van der Waals surface area contributed by atoms with Crippen LogP contribution in [-0.2, 0) is 10.0 Å². The molecule has 1 N–H and O–H groups in total. The van der Waals surface area contributed by atoms with E-state index < -0.39 is 10.0 Å². The molecule has 1 aliphatic heterocycles. The average Bonchev–Trinajstić information content (AvgIpc) is 2.69. The van der Waals surface area contributed by atoms with E-state index in [2.05, 4.69) is 4.90 Å². The summed E-state index contributed by atoms with van der Waals surface area (Å²) in [7, 11) is -1.91. The molecular formula is C20H32N2O4S. The lowest BCUT2D eigenvalue weighted by Gasteiger charge is -2.34. The Kier molecular flexibility index (Phi) is 6.78. The van der Waals surface area contributed by atoms with Gasteiger partial charge in [-0.15, -0.1) is 0 Å². The van der Waals surface area contributed by atoms with E-state index >= 15 is 0 Å². The minimum absolute atomic E-state index is 0.103. The molecule has 27 heavy (non-hydrogen) atoms. The molecule has 0 amide bonds. The molecule has 2 fully saturated rings. The molecule has 0 spiro atoms. The van der Waals surface area contributed by atoms with Crippen molar-refractivity contribution in [2.24, 2.45) is 0 Å². The largest absolute Gasteiger partial charge is 0.496 e. The molecule has 1 saturated carbocycles. The maximum atomic E-state index is 13.2. The lowest BCUT2D eigenvalue weighted by Crippen LogP contribution is -2.49. The van der Waals surface area contributed by atoms with Crippen LogP contribution in [0.4, 0.5) is 0 Å². The molecular weight excluding hydrogens is 364 g/mol. The highest BCUT2D eigenvalue weighted by Gasteiger charge is 2.31. The molecule has 1 saturated heterocycles. The summed E-state index contributed by atoms with van der Waals surface area (Å²) < 4.78 is 33.7. The van der Waals surface area contributed by atoms with Gasteiger partial charge < -0.3 is 9.84 Å². The Labute approximate surface area is 163 Å². The van der Waals surface area contributed by atoms with Gasteiger partial charge in [0.05, 0.1) is 18.6 Å². The third-order valence-electron chi connectivity index (χ3n) is 6.00. The first kappa shape index (κ1) is 20.6. The maximum Gasteiger partial charge on any atom is 0.243 e. The van der Waals surface area contributed by atoms with E-state index in [-0.39, 0.29) is 6.61 Å². The number of rotatable bonds is 6. The summed E-state index contributed by atoms with van der Waals surface area (Å²) in [5.41, 5.74) is 1.87. The van der Waals surface area contributed by atoms with Crippen LogP contribution < -0.4 is 4.74 Å². The van der Waals surface area contributed by atoms with Gasteiger partial charge in [0.15, 0.2) is 0 Å². The van der Waals surface area contributed by atoms with Crippen molar-refractivity contribution in [3.8, 4) is 5.75 Å². The predicted octanol–water partition coefficient (Wildman–Crippen LogP) is 2.35. The summed E-state index contributed by atoms with van der Waals surface area (Å²) in [6, 6.07) is 3.74. The summed E-state index contributed by atoms with van der Waals surface area (Å²) >= 11 is 0. The highest BCUT2D eigenvalue weighted by molar-refractivity contribution is 7.89. The van der Waals surface area contributed by atoms with Crippen molar-refractivity contribution in [1.29, 1.82) is 0 Å². The molecule has 0 aromatic heterocycles. The first-order valence-electron chi connectivity index (χ1n) is 10.00. The number of aliphatic hydroxyl groups excluding tert-OH is 1. The second-order valence-electron chi connectivity index (χ2n) is 7.62. The lowest BCUT2D eigenvalue weighted by molar-refractivity contribution is 0.151. The van der Waals surface area contributed by atoms with Crippen molar-refractivity contribution in [2.75, 3.05) is 46.4 Å². The Bertz CT molecular complexity index is 737.